The lowest BCUT2D eigenvalue weighted by molar-refractivity contribution is -0.130. The van der Waals surface area contributed by atoms with Crippen LogP contribution in [0.3, 0.4) is 0 Å². The first kappa shape index (κ1) is 12.9. The third-order valence-corrected chi connectivity index (χ3v) is 3.80. The molecule has 6 heteroatoms. The van der Waals surface area contributed by atoms with Crippen LogP contribution in [-0.2, 0) is 4.79 Å². The van der Waals surface area contributed by atoms with Crippen molar-refractivity contribution in [2.45, 2.75) is 25.3 Å². The van der Waals surface area contributed by atoms with Crippen molar-refractivity contribution in [2.75, 3.05) is 25.5 Å². The first-order valence-electron chi connectivity index (χ1n) is 6.94. The summed E-state index contributed by atoms with van der Waals surface area (Å²) in [6.45, 7) is 0.863. The maximum Gasteiger partial charge on any atom is 0.244 e. The topological polar surface area (TPSA) is 53.7 Å². The number of carbonyl (C=O) groups excluding carboxylic acids is 1. The van der Waals surface area contributed by atoms with Gasteiger partial charge in [-0.15, -0.1) is 0 Å². The van der Waals surface area contributed by atoms with E-state index in [1.54, 1.807) is 21.8 Å². The molecule has 1 amide bonds. The minimum Gasteiger partial charge on any atom is -0.347 e. The van der Waals surface area contributed by atoms with E-state index in [2.05, 4.69) is 15.0 Å². The molecule has 3 heterocycles. The van der Waals surface area contributed by atoms with Crippen LogP contribution in [0.1, 0.15) is 19.3 Å². The summed E-state index contributed by atoms with van der Waals surface area (Å²) in [6.07, 6.45) is 8.38. The molecule has 1 aliphatic heterocycles. The summed E-state index contributed by atoms with van der Waals surface area (Å²) in [6, 6.07) is 1.82. The van der Waals surface area contributed by atoms with Gasteiger partial charge in [-0.3, -0.25) is 4.79 Å². The van der Waals surface area contributed by atoms with Crippen LogP contribution < -0.4 is 4.90 Å². The Morgan fingerprint density at radius 2 is 2.20 bits per heavy atom. The first-order chi connectivity index (χ1) is 9.68. The van der Waals surface area contributed by atoms with E-state index in [0.29, 0.717) is 0 Å². The molecule has 2 aromatic heterocycles. The molecule has 1 aliphatic rings. The minimum absolute atomic E-state index is 0.118. The Hall–Kier alpha value is -2.11. The third-order valence-electron chi connectivity index (χ3n) is 3.80. The Kier molecular flexibility index (Phi) is 3.30. The van der Waals surface area contributed by atoms with Gasteiger partial charge in [-0.2, -0.15) is 5.10 Å². The van der Waals surface area contributed by atoms with Crippen molar-refractivity contribution in [2.24, 2.45) is 0 Å². The fraction of sp³-hybridized carbons (Fsp3) is 0.500. The van der Waals surface area contributed by atoms with Crippen molar-refractivity contribution >= 4 is 17.2 Å². The van der Waals surface area contributed by atoms with Gasteiger partial charge in [0.15, 0.2) is 5.82 Å². The molecule has 0 bridgehead atoms. The molecular weight excluding hydrogens is 254 g/mol. The van der Waals surface area contributed by atoms with Crippen molar-refractivity contribution in [1.82, 2.24) is 19.5 Å². The lowest BCUT2D eigenvalue weighted by Crippen LogP contribution is -2.49. The molecule has 1 fully saturated rings. The van der Waals surface area contributed by atoms with Gasteiger partial charge in [0.05, 0.1) is 6.20 Å². The van der Waals surface area contributed by atoms with Crippen LogP contribution in [0, 0.1) is 0 Å². The molecule has 0 aromatic carbocycles. The number of carbonyl (C=O) groups is 1. The fourth-order valence-corrected chi connectivity index (χ4v) is 2.80. The van der Waals surface area contributed by atoms with Crippen LogP contribution in [0.15, 0.2) is 24.7 Å². The molecule has 1 atom stereocenters. The predicted octanol–water partition coefficient (Wildman–Crippen LogP) is 1.18. The maximum absolute atomic E-state index is 12.4. The maximum atomic E-state index is 12.4. The van der Waals surface area contributed by atoms with Crippen molar-refractivity contribution < 1.29 is 4.79 Å². The van der Waals surface area contributed by atoms with Crippen LogP contribution in [0.2, 0.25) is 0 Å². The van der Waals surface area contributed by atoms with E-state index in [4.69, 9.17) is 0 Å². The van der Waals surface area contributed by atoms with Crippen LogP contribution in [0.25, 0.3) is 5.52 Å². The highest BCUT2D eigenvalue weighted by Crippen LogP contribution is 2.27. The van der Waals surface area contributed by atoms with E-state index in [1.807, 2.05) is 26.4 Å². The molecule has 3 rings (SSSR count). The van der Waals surface area contributed by atoms with Crippen LogP contribution in [-0.4, -0.2) is 52.1 Å². The van der Waals surface area contributed by atoms with Crippen molar-refractivity contribution in [3.63, 3.8) is 0 Å². The average molecular weight is 273 g/mol. The minimum atomic E-state index is -0.118. The second kappa shape index (κ2) is 5.11. The molecule has 0 radical (unpaired) electrons. The molecule has 0 spiro atoms. The Bertz CT molecular complexity index is 621. The van der Waals surface area contributed by atoms with E-state index < -0.39 is 0 Å². The Morgan fingerprint density at radius 3 is 3.00 bits per heavy atom. The monoisotopic (exact) mass is 273 g/mol. The Morgan fingerprint density at radius 1 is 1.35 bits per heavy atom. The smallest absolute Gasteiger partial charge is 0.244 e. The molecule has 106 valence electrons. The quantitative estimate of drug-likeness (QED) is 0.824. The normalized spacial score (nSPS) is 19.3. The predicted molar refractivity (Wildman–Crippen MR) is 76.7 cm³/mol. The molecule has 2 aromatic rings. The number of hydrogen-bond donors (Lipinski definition) is 0. The Labute approximate surface area is 118 Å². The van der Waals surface area contributed by atoms with Gasteiger partial charge >= 0.3 is 0 Å². The van der Waals surface area contributed by atoms with E-state index in [9.17, 15) is 4.79 Å². The fourth-order valence-electron chi connectivity index (χ4n) is 2.80. The van der Waals surface area contributed by atoms with Crippen LogP contribution in [0.4, 0.5) is 5.82 Å². The molecule has 20 heavy (non-hydrogen) atoms. The van der Waals surface area contributed by atoms with Crippen LogP contribution in [0.5, 0.6) is 0 Å². The van der Waals surface area contributed by atoms with Gasteiger partial charge in [-0.1, -0.05) is 0 Å². The van der Waals surface area contributed by atoms with Gasteiger partial charge in [0.2, 0.25) is 5.91 Å². The van der Waals surface area contributed by atoms with Crippen molar-refractivity contribution in [3.05, 3.63) is 24.7 Å². The molecule has 1 saturated heterocycles. The molecule has 0 aliphatic carbocycles. The van der Waals surface area contributed by atoms with E-state index >= 15 is 0 Å². The number of aromatic nitrogens is 3. The van der Waals surface area contributed by atoms with Gasteiger partial charge < -0.3 is 9.80 Å². The molecular formula is C14H19N5O. The number of hydrogen-bond acceptors (Lipinski definition) is 4. The number of amides is 1. The number of nitrogens with zero attached hydrogens (tertiary/aromatic N) is 5. The number of anilines is 1. The van der Waals surface area contributed by atoms with E-state index in [-0.39, 0.29) is 11.9 Å². The summed E-state index contributed by atoms with van der Waals surface area (Å²) < 4.78 is 1.80. The molecule has 6 nitrogen and oxygen atoms in total. The zero-order chi connectivity index (χ0) is 14.1. The number of fused-ring (bicyclic) bond motifs is 1. The second-order valence-corrected chi connectivity index (χ2v) is 5.35. The summed E-state index contributed by atoms with van der Waals surface area (Å²) in [4.78, 5) is 20.7. The van der Waals surface area contributed by atoms with Gasteiger partial charge in [-0.05, 0) is 25.3 Å². The number of rotatable bonds is 2. The standard InChI is InChI=1S/C14H19N5O/c1-17(2)14(20)12-5-3-4-9-18(12)13-11-6-7-16-19(11)10-8-15-13/h6-8,10,12H,3-5,9H2,1-2H3. The van der Waals surface area contributed by atoms with Gasteiger partial charge in [0, 0.05) is 33.0 Å². The zero-order valence-corrected chi connectivity index (χ0v) is 11.9. The summed E-state index contributed by atoms with van der Waals surface area (Å²) in [5.74, 6) is 0.998. The van der Waals surface area contributed by atoms with Crippen molar-refractivity contribution in [3.8, 4) is 0 Å². The van der Waals surface area contributed by atoms with Gasteiger partial charge in [0.1, 0.15) is 11.6 Å². The Balaban J connectivity index is 2.01. The molecule has 0 N–H and O–H groups in total. The third kappa shape index (κ3) is 2.11. The van der Waals surface area contributed by atoms with E-state index in [1.165, 1.54) is 0 Å². The first-order valence-corrected chi connectivity index (χ1v) is 6.94. The zero-order valence-electron chi connectivity index (χ0n) is 11.9. The van der Waals surface area contributed by atoms with Crippen molar-refractivity contribution in [1.29, 1.82) is 0 Å². The molecule has 0 saturated carbocycles. The largest absolute Gasteiger partial charge is 0.347 e. The summed E-state index contributed by atoms with van der Waals surface area (Å²) in [5, 5.41) is 4.23. The average Bonchev–Trinajstić information content (AvgIpc) is 2.94. The summed E-state index contributed by atoms with van der Waals surface area (Å²) >= 11 is 0. The second-order valence-electron chi connectivity index (χ2n) is 5.35. The lowest BCUT2D eigenvalue weighted by atomic mass is 10.0. The summed E-state index contributed by atoms with van der Waals surface area (Å²) in [7, 11) is 3.61. The highest BCUT2D eigenvalue weighted by Gasteiger charge is 2.31. The number of likely N-dealkylation sites (N-methyl/N-ethyl adjacent to an activating group) is 1. The van der Waals surface area contributed by atoms with Gasteiger partial charge in [-0.25, -0.2) is 9.50 Å². The highest BCUT2D eigenvalue weighted by atomic mass is 16.2. The number of piperidine rings is 1. The highest BCUT2D eigenvalue weighted by molar-refractivity contribution is 5.86. The van der Waals surface area contributed by atoms with Gasteiger partial charge in [0.25, 0.3) is 0 Å². The molecule has 1 unspecified atom stereocenters. The van der Waals surface area contributed by atoms with Crippen LogP contribution >= 0.6 is 0 Å². The van der Waals surface area contributed by atoms with E-state index in [0.717, 1.165) is 37.1 Å². The SMILES string of the molecule is CN(C)C(=O)C1CCCCN1c1nccn2nccc12. The summed E-state index contributed by atoms with van der Waals surface area (Å²) in [5.41, 5.74) is 0.950. The lowest BCUT2D eigenvalue weighted by Gasteiger charge is -2.37.